The van der Waals surface area contributed by atoms with Crippen molar-refractivity contribution in [2.24, 2.45) is 0 Å². The number of carbonyl (C=O) groups is 1. The van der Waals surface area contributed by atoms with Gasteiger partial charge in [-0.05, 0) is 87.8 Å². The van der Waals surface area contributed by atoms with Crippen LogP contribution < -0.4 is 4.74 Å². The number of nitrogens with zero attached hydrogens (tertiary/aromatic N) is 3. The van der Waals surface area contributed by atoms with Crippen molar-refractivity contribution in [3.63, 3.8) is 0 Å². The Balaban J connectivity index is 1.07. The van der Waals surface area contributed by atoms with Crippen LogP contribution in [0.3, 0.4) is 0 Å². The van der Waals surface area contributed by atoms with Crippen molar-refractivity contribution in [1.29, 1.82) is 0 Å². The van der Waals surface area contributed by atoms with Gasteiger partial charge in [0.05, 0.1) is 17.8 Å². The quantitative estimate of drug-likeness (QED) is 0.211. The lowest BCUT2D eigenvalue weighted by molar-refractivity contribution is -0.274. The number of fused-ring (bicyclic) bond motifs is 3. The number of hydrogen-bond acceptors (Lipinski definition) is 8. The third-order valence-corrected chi connectivity index (χ3v) is 9.11. The SMILES string of the molecule is O=C(O)c1ccc(-c2nc(C34CCC(OCc5c(-c6ccccc6OC(F)(F)F)noc5C5CC5)(CC3)CC4)no2)cc1. The predicted octanol–water partition coefficient (Wildman–Crippen LogP) is 7.43. The van der Waals surface area contributed by atoms with Crippen molar-refractivity contribution < 1.29 is 41.6 Å². The first kappa shape index (κ1) is 27.6. The van der Waals surface area contributed by atoms with Crippen LogP contribution in [0.15, 0.2) is 57.6 Å². The summed E-state index contributed by atoms with van der Waals surface area (Å²) in [4.78, 5) is 15.9. The molecule has 4 saturated carbocycles. The van der Waals surface area contributed by atoms with E-state index in [1.807, 2.05) is 0 Å². The zero-order valence-electron chi connectivity index (χ0n) is 23.0. The van der Waals surface area contributed by atoms with E-state index in [1.165, 1.54) is 24.3 Å². The Hall–Kier alpha value is -4.19. The molecule has 43 heavy (non-hydrogen) atoms. The summed E-state index contributed by atoms with van der Waals surface area (Å²) >= 11 is 0. The molecule has 2 aromatic carbocycles. The van der Waals surface area contributed by atoms with Gasteiger partial charge in [-0.2, -0.15) is 4.98 Å². The molecule has 0 amide bonds. The maximum absolute atomic E-state index is 13.1. The fourth-order valence-corrected chi connectivity index (χ4v) is 6.46. The van der Waals surface area contributed by atoms with Crippen molar-refractivity contribution >= 4 is 5.97 Å². The Morgan fingerprint density at radius 1 is 0.953 bits per heavy atom. The van der Waals surface area contributed by atoms with Crippen LogP contribution in [-0.4, -0.2) is 38.3 Å². The van der Waals surface area contributed by atoms with Gasteiger partial charge in [-0.25, -0.2) is 4.79 Å². The lowest BCUT2D eigenvalue weighted by Gasteiger charge is -2.51. The van der Waals surface area contributed by atoms with Gasteiger partial charge in [0, 0.05) is 28.0 Å². The molecule has 12 heteroatoms. The summed E-state index contributed by atoms with van der Waals surface area (Å²) in [6, 6.07) is 12.3. The maximum atomic E-state index is 13.1. The molecular formula is C31H28F3N3O6. The van der Waals surface area contributed by atoms with Crippen LogP contribution in [0.4, 0.5) is 13.2 Å². The third kappa shape index (κ3) is 5.28. The van der Waals surface area contributed by atoms with Crippen LogP contribution in [0.25, 0.3) is 22.7 Å². The van der Waals surface area contributed by atoms with E-state index in [-0.39, 0.29) is 40.4 Å². The lowest BCUT2D eigenvalue weighted by Crippen LogP contribution is -2.50. The van der Waals surface area contributed by atoms with Gasteiger partial charge in [-0.3, -0.25) is 0 Å². The minimum atomic E-state index is -4.84. The number of carboxylic acids is 1. The number of para-hydroxylation sites is 1. The highest BCUT2D eigenvalue weighted by Gasteiger charge is 2.52. The smallest absolute Gasteiger partial charge is 0.478 e. The standard InChI is InChI=1S/C31H28F3N3O6/c32-31(33,34)41-23-4-2-1-3-21(23)24-22(25(42-36-24)18-5-6-18)17-40-30-14-11-29(12-15-30,13-16-30)28-35-26(43-37-28)19-7-9-20(10-8-19)27(38)39/h1-4,7-10,18H,5-6,11-17H2,(H,38,39). The van der Waals surface area contributed by atoms with Gasteiger partial charge in [-0.15, -0.1) is 13.2 Å². The molecule has 2 heterocycles. The number of carboxylic acid groups (broad SMARTS) is 1. The topological polar surface area (TPSA) is 121 Å². The molecule has 2 bridgehead atoms. The molecule has 4 fully saturated rings. The second-order valence-electron chi connectivity index (χ2n) is 11.7. The van der Waals surface area contributed by atoms with Gasteiger partial charge >= 0.3 is 12.3 Å². The Kier molecular flexibility index (Phi) is 6.57. The molecular weight excluding hydrogens is 567 g/mol. The number of hydrogen-bond donors (Lipinski definition) is 1. The molecule has 0 radical (unpaired) electrons. The Bertz CT molecular complexity index is 1630. The third-order valence-electron chi connectivity index (χ3n) is 9.11. The van der Waals surface area contributed by atoms with E-state index in [0.717, 1.165) is 51.4 Å². The fraction of sp³-hybridized carbons (Fsp3) is 0.419. The maximum Gasteiger partial charge on any atom is 0.573 e. The van der Waals surface area contributed by atoms with Crippen LogP contribution >= 0.6 is 0 Å². The molecule has 0 aliphatic heterocycles. The van der Waals surface area contributed by atoms with Crippen molar-refractivity contribution in [2.45, 2.75) is 81.3 Å². The summed E-state index contributed by atoms with van der Waals surface area (Å²) in [7, 11) is 0. The Labute approximate surface area is 244 Å². The first-order chi connectivity index (χ1) is 20.6. The monoisotopic (exact) mass is 595 g/mol. The van der Waals surface area contributed by atoms with E-state index in [1.54, 1.807) is 24.3 Å². The summed E-state index contributed by atoms with van der Waals surface area (Å²) in [5.74, 6) is 0.522. The van der Waals surface area contributed by atoms with Gasteiger partial charge in [-0.1, -0.05) is 22.4 Å². The predicted molar refractivity (Wildman–Crippen MR) is 144 cm³/mol. The summed E-state index contributed by atoms with van der Waals surface area (Å²) < 4.78 is 61.6. The number of ether oxygens (including phenoxy) is 2. The second kappa shape index (κ2) is 10.2. The summed E-state index contributed by atoms with van der Waals surface area (Å²) in [6.45, 7) is 0.177. The zero-order valence-corrected chi connectivity index (χ0v) is 23.0. The number of aromatic nitrogens is 3. The van der Waals surface area contributed by atoms with Crippen LogP contribution in [0, 0.1) is 0 Å². The average molecular weight is 596 g/mol. The first-order valence-corrected chi connectivity index (χ1v) is 14.3. The van der Waals surface area contributed by atoms with Crippen LogP contribution in [0.2, 0.25) is 0 Å². The van der Waals surface area contributed by atoms with E-state index < -0.39 is 12.3 Å². The molecule has 4 aliphatic rings. The largest absolute Gasteiger partial charge is 0.573 e. The highest BCUT2D eigenvalue weighted by molar-refractivity contribution is 5.88. The molecule has 8 rings (SSSR count). The highest BCUT2D eigenvalue weighted by Crippen LogP contribution is 2.55. The molecule has 0 saturated heterocycles. The number of benzene rings is 2. The number of aromatic carboxylic acids is 1. The molecule has 1 N–H and O–H groups in total. The van der Waals surface area contributed by atoms with Crippen molar-refractivity contribution in [3.05, 3.63) is 71.2 Å². The fourth-order valence-electron chi connectivity index (χ4n) is 6.46. The molecule has 9 nitrogen and oxygen atoms in total. The molecule has 4 aliphatic carbocycles. The Morgan fingerprint density at radius 3 is 2.30 bits per heavy atom. The second-order valence-corrected chi connectivity index (χ2v) is 11.7. The van der Waals surface area contributed by atoms with Crippen LogP contribution in [-0.2, 0) is 16.8 Å². The number of halogens is 3. The first-order valence-electron chi connectivity index (χ1n) is 14.3. The van der Waals surface area contributed by atoms with Crippen molar-refractivity contribution in [1.82, 2.24) is 15.3 Å². The molecule has 0 atom stereocenters. The van der Waals surface area contributed by atoms with Gasteiger partial charge in [0.1, 0.15) is 17.2 Å². The number of rotatable bonds is 9. The van der Waals surface area contributed by atoms with Crippen LogP contribution in [0.1, 0.15) is 84.8 Å². The lowest BCUT2D eigenvalue weighted by atomic mass is 9.58. The minimum Gasteiger partial charge on any atom is -0.478 e. The van der Waals surface area contributed by atoms with Gasteiger partial charge in [0.2, 0.25) is 0 Å². The summed E-state index contributed by atoms with van der Waals surface area (Å²) in [5.41, 5.74) is 1.43. The van der Waals surface area contributed by atoms with E-state index in [2.05, 4.69) is 15.1 Å². The number of alkyl halides is 3. The van der Waals surface area contributed by atoms with E-state index in [4.69, 9.17) is 23.9 Å². The van der Waals surface area contributed by atoms with Crippen molar-refractivity contribution in [2.75, 3.05) is 0 Å². The normalized spacial score (nSPS) is 23.4. The van der Waals surface area contributed by atoms with Gasteiger partial charge in [0.25, 0.3) is 5.89 Å². The molecule has 4 aromatic rings. The van der Waals surface area contributed by atoms with E-state index in [9.17, 15) is 18.0 Å². The zero-order chi connectivity index (χ0) is 29.8. The molecule has 224 valence electrons. The summed E-state index contributed by atoms with van der Waals surface area (Å²) in [6.07, 6.45) is 1.77. The average Bonchev–Trinajstić information content (AvgIpc) is 3.55. The van der Waals surface area contributed by atoms with Gasteiger partial charge < -0.3 is 23.6 Å². The minimum absolute atomic E-state index is 0.177. The molecule has 0 unspecified atom stereocenters. The molecule has 2 aromatic heterocycles. The van der Waals surface area contributed by atoms with E-state index in [0.29, 0.717) is 34.3 Å². The van der Waals surface area contributed by atoms with E-state index >= 15 is 0 Å². The summed E-state index contributed by atoms with van der Waals surface area (Å²) in [5, 5.41) is 17.7. The van der Waals surface area contributed by atoms with Gasteiger partial charge in [0.15, 0.2) is 5.82 Å². The van der Waals surface area contributed by atoms with Crippen molar-refractivity contribution in [3.8, 4) is 28.5 Å². The highest BCUT2D eigenvalue weighted by atomic mass is 19.4. The Morgan fingerprint density at radius 2 is 1.65 bits per heavy atom. The molecule has 0 spiro atoms. The van der Waals surface area contributed by atoms with Crippen LogP contribution in [0.5, 0.6) is 5.75 Å².